The maximum atomic E-state index is 5.57. The highest BCUT2D eigenvalue weighted by Gasteiger charge is 2.06. The fourth-order valence-electron chi connectivity index (χ4n) is 1.23. The van der Waals surface area contributed by atoms with E-state index in [2.05, 4.69) is 22.3 Å². The molecule has 0 saturated heterocycles. The van der Waals surface area contributed by atoms with Crippen LogP contribution >= 0.6 is 11.3 Å². The van der Waals surface area contributed by atoms with Crippen molar-refractivity contribution in [2.45, 2.75) is 19.9 Å². The Morgan fingerprint density at radius 1 is 1.57 bits per heavy atom. The predicted octanol–water partition coefficient (Wildman–Crippen LogP) is 1.35. The fourth-order valence-corrected chi connectivity index (χ4v) is 2.14. The van der Waals surface area contributed by atoms with Gasteiger partial charge >= 0.3 is 0 Å². The molecule has 2 N–H and O–H groups in total. The molecule has 2 aromatic rings. The van der Waals surface area contributed by atoms with Crippen LogP contribution in [0.1, 0.15) is 18.4 Å². The van der Waals surface area contributed by atoms with Crippen molar-refractivity contribution in [3.8, 4) is 5.13 Å². The van der Waals surface area contributed by atoms with Gasteiger partial charge in [0.05, 0.1) is 12.2 Å². The van der Waals surface area contributed by atoms with E-state index >= 15 is 0 Å². The first kappa shape index (κ1) is 9.36. The van der Waals surface area contributed by atoms with Gasteiger partial charge in [0.25, 0.3) is 0 Å². The van der Waals surface area contributed by atoms with Crippen molar-refractivity contribution in [3.05, 3.63) is 29.3 Å². The number of aryl methyl sites for hydroxylation is 1. The monoisotopic (exact) mass is 208 g/mol. The van der Waals surface area contributed by atoms with Gasteiger partial charge in [-0.05, 0) is 6.42 Å². The Hall–Kier alpha value is -1.20. The van der Waals surface area contributed by atoms with E-state index in [4.69, 9.17) is 5.73 Å². The van der Waals surface area contributed by atoms with Gasteiger partial charge in [-0.3, -0.25) is 4.57 Å². The van der Waals surface area contributed by atoms with Crippen molar-refractivity contribution in [2.75, 3.05) is 0 Å². The lowest BCUT2D eigenvalue weighted by Gasteiger charge is -2.00. The molecular formula is C9H12N4S. The molecule has 0 saturated carbocycles. The van der Waals surface area contributed by atoms with E-state index in [1.54, 1.807) is 17.5 Å². The van der Waals surface area contributed by atoms with E-state index in [9.17, 15) is 0 Å². The molecule has 0 aromatic carbocycles. The second-order valence-corrected chi connectivity index (χ2v) is 3.73. The minimum absolute atomic E-state index is 0.439. The topological polar surface area (TPSA) is 56.7 Å². The van der Waals surface area contributed by atoms with Crippen LogP contribution in [-0.2, 0) is 13.0 Å². The second-order valence-electron chi connectivity index (χ2n) is 2.89. The quantitative estimate of drug-likeness (QED) is 0.828. The average molecular weight is 208 g/mol. The van der Waals surface area contributed by atoms with Crippen LogP contribution in [0.2, 0.25) is 0 Å². The number of aromatic nitrogens is 3. The molecule has 2 rings (SSSR count). The SMILES string of the molecule is CCc1csc(-n2ccnc2CN)n1. The van der Waals surface area contributed by atoms with E-state index in [-0.39, 0.29) is 0 Å². The summed E-state index contributed by atoms with van der Waals surface area (Å²) in [4.78, 5) is 8.62. The van der Waals surface area contributed by atoms with E-state index in [1.807, 2.05) is 10.8 Å². The number of imidazole rings is 1. The van der Waals surface area contributed by atoms with Crippen LogP contribution in [0.25, 0.3) is 5.13 Å². The summed E-state index contributed by atoms with van der Waals surface area (Å²) in [6, 6.07) is 0. The number of hydrogen-bond donors (Lipinski definition) is 1. The summed E-state index contributed by atoms with van der Waals surface area (Å²) < 4.78 is 1.93. The highest BCUT2D eigenvalue weighted by atomic mass is 32.1. The zero-order valence-electron chi connectivity index (χ0n) is 7.97. The summed E-state index contributed by atoms with van der Waals surface area (Å²) in [5.41, 5.74) is 6.68. The lowest BCUT2D eigenvalue weighted by molar-refractivity contribution is 0.856. The van der Waals surface area contributed by atoms with Crippen LogP contribution in [0.4, 0.5) is 0 Å². The molecule has 0 amide bonds. The molecule has 4 nitrogen and oxygen atoms in total. The van der Waals surface area contributed by atoms with Crippen LogP contribution in [0.5, 0.6) is 0 Å². The smallest absolute Gasteiger partial charge is 0.195 e. The Bertz CT molecular complexity index is 418. The molecule has 0 bridgehead atoms. The van der Waals surface area contributed by atoms with Gasteiger partial charge in [-0.2, -0.15) is 0 Å². The third kappa shape index (κ3) is 1.56. The first-order valence-corrected chi connectivity index (χ1v) is 5.40. The third-order valence-corrected chi connectivity index (χ3v) is 2.90. The van der Waals surface area contributed by atoms with Crippen molar-refractivity contribution < 1.29 is 0 Å². The number of rotatable bonds is 3. The molecule has 0 spiro atoms. The largest absolute Gasteiger partial charge is 0.324 e. The van der Waals surface area contributed by atoms with Crippen molar-refractivity contribution in [2.24, 2.45) is 5.73 Å². The highest BCUT2D eigenvalue weighted by molar-refractivity contribution is 7.12. The summed E-state index contributed by atoms with van der Waals surface area (Å²) in [6.45, 7) is 2.53. The first-order chi connectivity index (χ1) is 6.85. The van der Waals surface area contributed by atoms with Crippen LogP contribution in [0.3, 0.4) is 0 Å². The summed E-state index contributed by atoms with van der Waals surface area (Å²) >= 11 is 1.62. The number of nitrogens with zero attached hydrogens (tertiary/aromatic N) is 3. The molecule has 5 heteroatoms. The van der Waals surface area contributed by atoms with E-state index in [1.165, 1.54) is 0 Å². The zero-order chi connectivity index (χ0) is 9.97. The van der Waals surface area contributed by atoms with Gasteiger partial charge in [-0.25, -0.2) is 9.97 Å². The lowest BCUT2D eigenvalue weighted by Crippen LogP contribution is -2.05. The maximum Gasteiger partial charge on any atom is 0.195 e. The normalized spacial score (nSPS) is 10.7. The zero-order valence-corrected chi connectivity index (χ0v) is 8.79. The minimum Gasteiger partial charge on any atom is -0.324 e. The Balaban J connectivity index is 2.38. The van der Waals surface area contributed by atoms with Gasteiger partial charge in [0, 0.05) is 17.8 Å². The van der Waals surface area contributed by atoms with Crippen LogP contribution in [0, 0.1) is 0 Å². The Morgan fingerprint density at radius 3 is 3.07 bits per heavy atom. The van der Waals surface area contributed by atoms with E-state index < -0.39 is 0 Å². The molecule has 2 aromatic heterocycles. The fraction of sp³-hybridized carbons (Fsp3) is 0.333. The van der Waals surface area contributed by atoms with Crippen molar-refractivity contribution in [1.29, 1.82) is 0 Å². The summed E-state index contributed by atoms with van der Waals surface area (Å²) in [7, 11) is 0. The van der Waals surface area contributed by atoms with E-state index in [0.29, 0.717) is 6.54 Å². The molecule has 0 fully saturated rings. The molecule has 0 aliphatic carbocycles. The molecule has 2 heterocycles. The van der Waals surface area contributed by atoms with Gasteiger partial charge in [0.1, 0.15) is 5.82 Å². The molecule has 0 aliphatic rings. The van der Waals surface area contributed by atoms with Crippen LogP contribution in [0.15, 0.2) is 17.8 Å². The number of thiazole rings is 1. The van der Waals surface area contributed by atoms with Gasteiger partial charge in [0.2, 0.25) is 0 Å². The van der Waals surface area contributed by atoms with Gasteiger partial charge in [-0.15, -0.1) is 11.3 Å². The average Bonchev–Trinajstić information content (AvgIpc) is 2.85. The number of nitrogens with two attached hydrogens (primary N) is 1. The Kier molecular flexibility index (Phi) is 2.60. The Morgan fingerprint density at radius 2 is 2.43 bits per heavy atom. The van der Waals surface area contributed by atoms with E-state index in [0.717, 1.165) is 23.1 Å². The summed E-state index contributed by atoms with van der Waals surface area (Å²) in [5, 5.41) is 3.01. The van der Waals surface area contributed by atoms with Crippen molar-refractivity contribution >= 4 is 11.3 Å². The molecule has 0 unspecified atom stereocenters. The van der Waals surface area contributed by atoms with Crippen LogP contribution in [-0.4, -0.2) is 14.5 Å². The maximum absolute atomic E-state index is 5.57. The third-order valence-electron chi connectivity index (χ3n) is 2.01. The van der Waals surface area contributed by atoms with Crippen molar-refractivity contribution in [1.82, 2.24) is 14.5 Å². The molecule has 0 radical (unpaired) electrons. The van der Waals surface area contributed by atoms with Crippen molar-refractivity contribution in [3.63, 3.8) is 0 Å². The van der Waals surface area contributed by atoms with Gasteiger partial charge < -0.3 is 5.73 Å². The highest BCUT2D eigenvalue weighted by Crippen LogP contribution is 2.16. The molecule has 0 atom stereocenters. The predicted molar refractivity (Wildman–Crippen MR) is 56.5 cm³/mol. The van der Waals surface area contributed by atoms with Gasteiger partial charge in [-0.1, -0.05) is 6.92 Å². The Labute approximate surface area is 86.4 Å². The minimum atomic E-state index is 0.439. The summed E-state index contributed by atoms with van der Waals surface area (Å²) in [5.74, 6) is 0.849. The summed E-state index contributed by atoms with van der Waals surface area (Å²) in [6.07, 6.45) is 4.60. The first-order valence-electron chi connectivity index (χ1n) is 4.52. The molecule has 14 heavy (non-hydrogen) atoms. The molecular weight excluding hydrogens is 196 g/mol. The molecule has 0 aliphatic heterocycles. The lowest BCUT2D eigenvalue weighted by atomic mass is 10.4. The molecule has 74 valence electrons. The number of hydrogen-bond acceptors (Lipinski definition) is 4. The second kappa shape index (κ2) is 3.89. The van der Waals surface area contributed by atoms with Crippen LogP contribution < -0.4 is 5.73 Å². The standard InChI is InChI=1S/C9H12N4S/c1-2-7-6-14-9(12-7)13-4-3-11-8(13)5-10/h3-4,6H,2,5,10H2,1H3. The van der Waals surface area contributed by atoms with Gasteiger partial charge in [0.15, 0.2) is 5.13 Å².